The summed E-state index contributed by atoms with van der Waals surface area (Å²) < 4.78 is 67.8. The molecule has 0 radical (unpaired) electrons. The Bertz CT molecular complexity index is 977. The van der Waals surface area contributed by atoms with Crippen LogP contribution in [0.5, 0.6) is 5.75 Å². The van der Waals surface area contributed by atoms with Crippen LogP contribution < -0.4 is 19.3 Å². The summed E-state index contributed by atoms with van der Waals surface area (Å²) in [6.45, 7) is 1.43. The maximum Gasteiger partial charge on any atom is 0.573 e. The first-order chi connectivity index (χ1) is 14.0. The fourth-order valence-electron chi connectivity index (χ4n) is 2.80. The fraction of sp³-hybridized carbons (Fsp3) is 0.471. The predicted molar refractivity (Wildman–Crippen MR) is 103 cm³/mol. The molecule has 30 heavy (non-hydrogen) atoms. The molecule has 0 aliphatic carbocycles. The molecule has 9 nitrogen and oxygen atoms in total. The average molecular weight is 446 g/mol. The highest BCUT2D eigenvalue weighted by atomic mass is 32.2. The van der Waals surface area contributed by atoms with Crippen LogP contribution in [-0.2, 0) is 16.6 Å². The SMILES string of the molecule is CN(C)c1nc(CNS(=O)(=O)c2ccc(OC(F)(F)F)cc2)nc(N2CCCC2)n1. The Morgan fingerprint density at radius 2 is 1.73 bits per heavy atom. The van der Waals surface area contributed by atoms with Gasteiger partial charge in [-0.15, -0.1) is 13.2 Å². The van der Waals surface area contributed by atoms with Crippen LogP contribution in [0.2, 0.25) is 0 Å². The summed E-state index contributed by atoms with van der Waals surface area (Å²) in [5.74, 6) is 0.602. The summed E-state index contributed by atoms with van der Waals surface area (Å²) in [7, 11) is -0.467. The van der Waals surface area contributed by atoms with Crippen LogP contribution in [0.15, 0.2) is 29.2 Å². The van der Waals surface area contributed by atoms with Gasteiger partial charge in [0.2, 0.25) is 21.9 Å². The Kier molecular flexibility index (Phi) is 6.31. The van der Waals surface area contributed by atoms with E-state index in [1.807, 2.05) is 4.90 Å². The summed E-state index contributed by atoms with van der Waals surface area (Å²) in [4.78, 5) is 16.5. The molecule has 0 unspecified atom stereocenters. The molecule has 0 spiro atoms. The second kappa shape index (κ2) is 8.60. The van der Waals surface area contributed by atoms with Gasteiger partial charge in [-0.3, -0.25) is 0 Å². The Morgan fingerprint density at radius 1 is 1.10 bits per heavy atom. The number of sulfonamides is 1. The van der Waals surface area contributed by atoms with Crippen molar-refractivity contribution >= 4 is 21.9 Å². The van der Waals surface area contributed by atoms with E-state index < -0.39 is 22.1 Å². The molecule has 0 bridgehead atoms. The summed E-state index contributed by atoms with van der Waals surface area (Å²) in [5, 5.41) is 0. The molecule has 1 fully saturated rings. The van der Waals surface area contributed by atoms with Crippen molar-refractivity contribution in [1.82, 2.24) is 19.7 Å². The number of alkyl halides is 3. The monoisotopic (exact) mass is 446 g/mol. The lowest BCUT2D eigenvalue weighted by Gasteiger charge is -2.19. The minimum absolute atomic E-state index is 0.201. The molecule has 2 heterocycles. The Hall–Kier alpha value is -2.67. The maximum absolute atomic E-state index is 12.5. The molecule has 1 aliphatic rings. The highest BCUT2D eigenvalue weighted by Gasteiger charge is 2.31. The number of halogens is 3. The van der Waals surface area contributed by atoms with E-state index in [1.54, 1.807) is 19.0 Å². The third-order valence-corrected chi connectivity index (χ3v) is 5.65. The lowest BCUT2D eigenvalue weighted by Crippen LogP contribution is -2.27. The van der Waals surface area contributed by atoms with Gasteiger partial charge in [-0.25, -0.2) is 13.1 Å². The summed E-state index contributed by atoms with van der Waals surface area (Å²) in [5.41, 5.74) is 0. The number of ether oxygens (including phenoxy) is 1. The first kappa shape index (κ1) is 22.0. The topological polar surface area (TPSA) is 101 Å². The molecule has 1 saturated heterocycles. The van der Waals surface area contributed by atoms with Crippen molar-refractivity contribution < 1.29 is 26.3 Å². The number of nitrogens with zero attached hydrogens (tertiary/aromatic N) is 5. The third kappa shape index (κ3) is 5.69. The van der Waals surface area contributed by atoms with E-state index in [2.05, 4.69) is 24.4 Å². The van der Waals surface area contributed by atoms with Gasteiger partial charge in [0.1, 0.15) is 5.75 Å². The molecule has 1 aromatic heterocycles. The Morgan fingerprint density at radius 3 is 2.30 bits per heavy atom. The normalized spacial score (nSPS) is 14.8. The maximum atomic E-state index is 12.5. The molecule has 164 valence electrons. The van der Waals surface area contributed by atoms with E-state index in [-0.39, 0.29) is 17.3 Å². The zero-order valence-corrected chi connectivity index (χ0v) is 17.2. The molecule has 2 aromatic rings. The van der Waals surface area contributed by atoms with Gasteiger partial charge in [0.05, 0.1) is 11.4 Å². The third-order valence-electron chi connectivity index (χ3n) is 4.23. The van der Waals surface area contributed by atoms with Crippen molar-refractivity contribution in [3.8, 4) is 5.75 Å². The van der Waals surface area contributed by atoms with Crippen LogP contribution in [0, 0.1) is 0 Å². The van der Waals surface area contributed by atoms with Gasteiger partial charge in [-0.05, 0) is 37.1 Å². The molecule has 1 aromatic carbocycles. The second-order valence-corrected chi connectivity index (χ2v) is 8.55. The highest BCUT2D eigenvalue weighted by molar-refractivity contribution is 7.89. The first-order valence-electron chi connectivity index (χ1n) is 9.06. The molecule has 0 saturated carbocycles. The lowest BCUT2D eigenvalue weighted by atomic mass is 10.3. The van der Waals surface area contributed by atoms with Crippen molar-refractivity contribution in [3.63, 3.8) is 0 Å². The number of aromatic nitrogens is 3. The van der Waals surface area contributed by atoms with E-state index in [0.717, 1.165) is 50.2 Å². The average Bonchev–Trinajstić information content (AvgIpc) is 3.20. The van der Waals surface area contributed by atoms with Crippen LogP contribution in [0.1, 0.15) is 18.7 Å². The first-order valence-corrected chi connectivity index (χ1v) is 10.5. The quantitative estimate of drug-likeness (QED) is 0.689. The van der Waals surface area contributed by atoms with E-state index in [4.69, 9.17) is 0 Å². The van der Waals surface area contributed by atoms with Crippen molar-refractivity contribution in [1.29, 1.82) is 0 Å². The summed E-state index contributed by atoms with van der Waals surface area (Å²) in [6, 6.07) is 3.91. The summed E-state index contributed by atoms with van der Waals surface area (Å²) in [6.07, 6.45) is -2.80. The number of nitrogens with one attached hydrogen (secondary N) is 1. The van der Waals surface area contributed by atoms with Crippen molar-refractivity contribution in [2.45, 2.75) is 30.6 Å². The number of benzene rings is 1. The van der Waals surface area contributed by atoms with Crippen LogP contribution >= 0.6 is 0 Å². The standard InChI is InChI=1S/C17H21F3N6O3S/c1-25(2)15-22-14(23-16(24-15)26-9-3-4-10-26)11-21-30(27,28)13-7-5-12(6-8-13)29-17(18,19)20/h5-8,21H,3-4,9-11H2,1-2H3. The van der Waals surface area contributed by atoms with Gasteiger partial charge < -0.3 is 14.5 Å². The zero-order chi connectivity index (χ0) is 21.9. The van der Waals surface area contributed by atoms with E-state index in [1.165, 1.54) is 0 Å². The number of hydrogen-bond acceptors (Lipinski definition) is 8. The molecule has 3 rings (SSSR count). The second-order valence-electron chi connectivity index (χ2n) is 6.78. The molecular formula is C17H21F3N6O3S. The predicted octanol–water partition coefficient (Wildman–Crippen LogP) is 1.91. The minimum Gasteiger partial charge on any atom is -0.406 e. The Balaban J connectivity index is 1.75. The van der Waals surface area contributed by atoms with E-state index >= 15 is 0 Å². The zero-order valence-electron chi connectivity index (χ0n) is 16.3. The van der Waals surface area contributed by atoms with Crippen molar-refractivity contribution in [2.75, 3.05) is 37.0 Å². The van der Waals surface area contributed by atoms with Crippen LogP contribution in [0.4, 0.5) is 25.1 Å². The van der Waals surface area contributed by atoms with Gasteiger partial charge in [-0.2, -0.15) is 15.0 Å². The van der Waals surface area contributed by atoms with E-state index in [9.17, 15) is 21.6 Å². The summed E-state index contributed by atoms with van der Waals surface area (Å²) >= 11 is 0. The minimum atomic E-state index is -4.85. The molecule has 1 aliphatic heterocycles. The smallest absolute Gasteiger partial charge is 0.406 e. The van der Waals surface area contributed by atoms with Gasteiger partial charge in [0.25, 0.3) is 0 Å². The van der Waals surface area contributed by atoms with E-state index in [0.29, 0.717) is 11.9 Å². The van der Waals surface area contributed by atoms with Gasteiger partial charge >= 0.3 is 6.36 Å². The largest absolute Gasteiger partial charge is 0.573 e. The van der Waals surface area contributed by atoms with Crippen LogP contribution in [0.25, 0.3) is 0 Å². The van der Waals surface area contributed by atoms with Crippen LogP contribution in [0.3, 0.4) is 0 Å². The highest BCUT2D eigenvalue weighted by Crippen LogP contribution is 2.24. The number of anilines is 2. The molecule has 0 atom stereocenters. The van der Waals surface area contributed by atoms with Gasteiger partial charge in [0, 0.05) is 27.2 Å². The Labute approximate surface area is 172 Å². The van der Waals surface area contributed by atoms with Gasteiger partial charge in [0.15, 0.2) is 5.82 Å². The van der Waals surface area contributed by atoms with Crippen molar-refractivity contribution in [3.05, 3.63) is 30.1 Å². The van der Waals surface area contributed by atoms with Crippen molar-refractivity contribution in [2.24, 2.45) is 0 Å². The molecule has 13 heteroatoms. The lowest BCUT2D eigenvalue weighted by molar-refractivity contribution is -0.274. The van der Waals surface area contributed by atoms with Gasteiger partial charge in [-0.1, -0.05) is 0 Å². The fourth-order valence-corrected chi connectivity index (χ4v) is 3.78. The molecule has 0 amide bonds. The number of rotatable bonds is 7. The van der Waals surface area contributed by atoms with Crippen LogP contribution in [-0.4, -0.2) is 56.9 Å². The molecular weight excluding hydrogens is 425 g/mol. The molecule has 1 N–H and O–H groups in total. The number of hydrogen-bond donors (Lipinski definition) is 1.